The van der Waals surface area contributed by atoms with E-state index in [2.05, 4.69) is 4.74 Å². The van der Waals surface area contributed by atoms with Crippen molar-refractivity contribution in [3.05, 3.63) is 0 Å². The Hall–Kier alpha value is -1.81. The van der Waals surface area contributed by atoms with Crippen LogP contribution in [0.5, 0.6) is 0 Å². The Labute approximate surface area is 200 Å². The lowest BCUT2D eigenvalue weighted by molar-refractivity contribution is -0.458. The fourth-order valence-corrected chi connectivity index (χ4v) is 3.83. The summed E-state index contributed by atoms with van der Waals surface area (Å²) in [5.41, 5.74) is 0. The highest BCUT2D eigenvalue weighted by Crippen LogP contribution is 2.64. The van der Waals surface area contributed by atoms with Crippen molar-refractivity contribution in [2.45, 2.75) is 67.2 Å². The van der Waals surface area contributed by atoms with Crippen LogP contribution in [0.25, 0.3) is 0 Å². The SMILES string of the molecule is CCCN(CC(=O)OCC)S(=O)(=O)C(F)(F)C(F)(F)C(F)(F)C(F)(F)C(F)(F)C(F)(F)C(F)(F)C(F)(F)F. The molecule has 23 heteroatoms. The predicted octanol–water partition coefficient (Wildman–Crippen LogP) is 5.56. The zero-order valence-electron chi connectivity index (χ0n) is 18.2. The zero-order chi connectivity index (χ0) is 31.2. The molecule has 0 aromatic carbocycles. The molecule has 0 bridgehead atoms. The Morgan fingerprint density at radius 2 is 0.974 bits per heavy atom. The summed E-state index contributed by atoms with van der Waals surface area (Å²) in [6.07, 6.45) is -8.61. The number of sulfonamides is 1. The summed E-state index contributed by atoms with van der Waals surface area (Å²) in [4.78, 5) is 11.4. The van der Waals surface area contributed by atoms with Crippen LogP contribution in [-0.2, 0) is 19.6 Å². The van der Waals surface area contributed by atoms with Crippen LogP contribution in [0.4, 0.5) is 74.6 Å². The normalized spacial score (nSPS) is 15.7. The number of hydrogen-bond acceptors (Lipinski definition) is 4. The molecule has 38 heavy (non-hydrogen) atoms. The van der Waals surface area contributed by atoms with Gasteiger partial charge in [0.2, 0.25) is 0 Å². The molecule has 0 fully saturated rings. The van der Waals surface area contributed by atoms with Gasteiger partial charge in [0.15, 0.2) is 0 Å². The molecular weight excluding hydrogens is 613 g/mol. The molecule has 0 aliphatic heterocycles. The number of ether oxygens (including phenoxy) is 1. The minimum Gasteiger partial charge on any atom is -0.465 e. The fraction of sp³-hybridized carbons (Fsp3) is 0.933. The lowest BCUT2D eigenvalue weighted by Crippen LogP contribution is -2.75. The number of rotatable bonds is 13. The number of carbonyl (C=O) groups excluding carboxylic acids is 1. The molecule has 0 amide bonds. The monoisotopic (exact) mass is 627 g/mol. The molecule has 0 aliphatic carbocycles. The summed E-state index contributed by atoms with van der Waals surface area (Å²) in [6, 6.07) is 0. The number of carbonyl (C=O) groups is 1. The lowest BCUT2D eigenvalue weighted by atomic mass is 9.91. The first kappa shape index (κ1) is 36.2. The molecule has 0 atom stereocenters. The van der Waals surface area contributed by atoms with Gasteiger partial charge in [0.1, 0.15) is 6.54 Å². The number of hydrogen-bond donors (Lipinski definition) is 0. The van der Waals surface area contributed by atoms with E-state index in [-0.39, 0.29) is 0 Å². The molecule has 0 heterocycles. The predicted molar refractivity (Wildman–Crippen MR) is 88.1 cm³/mol. The Morgan fingerprint density at radius 1 is 0.632 bits per heavy atom. The van der Waals surface area contributed by atoms with E-state index in [4.69, 9.17) is 0 Å². The second-order valence-electron chi connectivity index (χ2n) is 7.10. The summed E-state index contributed by atoms with van der Waals surface area (Å²) in [5.74, 6) is -53.9. The van der Waals surface area contributed by atoms with Crippen molar-refractivity contribution < 1.29 is 92.6 Å². The van der Waals surface area contributed by atoms with Crippen LogP contribution in [0.3, 0.4) is 0 Å². The first-order chi connectivity index (χ1) is 16.4. The molecule has 0 saturated heterocycles. The third-order valence-electron chi connectivity index (χ3n) is 4.44. The Balaban J connectivity index is 7.02. The van der Waals surface area contributed by atoms with Crippen molar-refractivity contribution in [2.24, 2.45) is 0 Å². The van der Waals surface area contributed by atoms with E-state index in [1.807, 2.05) is 0 Å². The van der Waals surface area contributed by atoms with Crippen molar-refractivity contribution in [2.75, 3.05) is 19.7 Å². The molecule has 228 valence electrons. The third-order valence-corrected chi connectivity index (χ3v) is 6.34. The van der Waals surface area contributed by atoms with Gasteiger partial charge in [0, 0.05) is 6.54 Å². The molecule has 0 saturated carbocycles. The molecule has 0 radical (unpaired) electrons. The van der Waals surface area contributed by atoms with Gasteiger partial charge in [-0.25, -0.2) is 8.42 Å². The van der Waals surface area contributed by atoms with Gasteiger partial charge in [-0.15, -0.1) is 0 Å². The largest absolute Gasteiger partial charge is 0.465 e. The first-order valence-corrected chi connectivity index (χ1v) is 10.7. The van der Waals surface area contributed by atoms with Crippen LogP contribution in [0.2, 0.25) is 0 Å². The minimum atomic E-state index is -8.92. The maximum absolute atomic E-state index is 14.2. The molecule has 5 nitrogen and oxygen atoms in total. The molecule has 0 unspecified atom stereocenters. The number of nitrogens with zero attached hydrogens (tertiary/aromatic N) is 1. The van der Waals surface area contributed by atoms with Crippen LogP contribution in [0, 0.1) is 0 Å². The Morgan fingerprint density at radius 3 is 1.29 bits per heavy atom. The number of esters is 1. The summed E-state index contributed by atoms with van der Waals surface area (Å²) >= 11 is 0. The zero-order valence-corrected chi connectivity index (χ0v) is 19.1. The standard InChI is InChI=1S/C15H14F17NO4S/c1-3-5-33(6-7(34)37-4-2)38(35,36)15(31,32)13(26,27)11(22,23)9(18,19)8(16,17)10(20,21)12(24,25)14(28,29)30/h3-6H2,1-2H3. The van der Waals surface area contributed by atoms with Gasteiger partial charge < -0.3 is 4.74 Å². The number of alkyl halides is 17. The maximum Gasteiger partial charge on any atom is 0.460 e. The molecular formula is C15H14F17NO4S. The topological polar surface area (TPSA) is 63.7 Å². The van der Waals surface area contributed by atoms with Crippen molar-refractivity contribution in [3.63, 3.8) is 0 Å². The minimum absolute atomic E-state index is 0.623. The molecule has 0 N–H and O–H groups in total. The van der Waals surface area contributed by atoms with Crippen molar-refractivity contribution >= 4 is 16.0 Å². The fourth-order valence-electron chi connectivity index (χ4n) is 2.36. The average molecular weight is 627 g/mol. The van der Waals surface area contributed by atoms with E-state index in [9.17, 15) is 87.8 Å². The van der Waals surface area contributed by atoms with Gasteiger partial charge in [-0.1, -0.05) is 6.92 Å². The summed E-state index contributed by atoms with van der Waals surface area (Å²) in [7, 11) is -7.53. The van der Waals surface area contributed by atoms with E-state index >= 15 is 0 Å². The smallest absolute Gasteiger partial charge is 0.460 e. The van der Waals surface area contributed by atoms with Gasteiger partial charge in [0.25, 0.3) is 10.0 Å². The second-order valence-corrected chi connectivity index (χ2v) is 9.08. The molecule has 0 aromatic heterocycles. The van der Waals surface area contributed by atoms with Crippen molar-refractivity contribution in [3.8, 4) is 0 Å². The highest BCUT2D eigenvalue weighted by atomic mass is 32.2. The third kappa shape index (κ3) is 5.07. The summed E-state index contributed by atoms with van der Waals surface area (Å²) < 4.78 is 254. The molecule has 0 rings (SSSR count). The lowest BCUT2D eigenvalue weighted by Gasteiger charge is -2.43. The summed E-state index contributed by atoms with van der Waals surface area (Å²) in [6.45, 7) is -2.16. The van der Waals surface area contributed by atoms with Crippen LogP contribution in [0.1, 0.15) is 20.3 Å². The second kappa shape index (κ2) is 10.3. The number of halogens is 17. The van der Waals surface area contributed by atoms with Crippen LogP contribution in [-0.4, -0.2) is 85.4 Å². The van der Waals surface area contributed by atoms with Gasteiger partial charge in [0.05, 0.1) is 6.61 Å². The van der Waals surface area contributed by atoms with E-state index in [1.165, 1.54) is 0 Å². The molecule has 0 aromatic rings. The average Bonchev–Trinajstić information content (AvgIpc) is 2.71. The first-order valence-electron chi connectivity index (χ1n) is 9.28. The molecule has 0 aliphatic rings. The Kier molecular flexibility index (Phi) is 9.81. The van der Waals surface area contributed by atoms with Gasteiger partial charge >= 0.3 is 52.9 Å². The van der Waals surface area contributed by atoms with Crippen molar-refractivity contribution in [1.82, 2.24) is 4.31 Å². The van der Waals surface area contributed by atoms with Crippen LogP contribution in [0.15, 0.2) is 0 Å². The quantitative estimate of drug-likeness (QED) is 0.198. The highest BCUT2D eigenvalue weighted by molar-refractivity contribution is 7.90. The van der Waals surface area contributed by atoms with Gasteiger partial charge in [-0.05, 0) is 13.3 Å². The summed E-state index contributed by atoms with van der Waals surface area (Å²) in [5, 5.41) is -7.72. The highest BCUT2D eigenvalue weighted by Gasteiger charge is 2.96. The van der Waals surface area contributed by atoms with E-state index in [0.29, 0.717) is 0 Å². The van der Waals surface area contributed by atoms with Gasteiger partial charge in [-0.2, -0.15) is 78.9 Å². The maximum atomic E-state index is 14.2. The van der Waals surface area contributed by atoms with Gasteiger partial charge in [-0.3, -0.25) is 4.79 Å². The van der Waals surface area contributed by atoms with E-state index < -0.39 is 93.4 Å². The molecule has 0 spiro atoms. The van der Waals surface area contributed by atoms with Crippen molar-refractivity contribution in [1.29, 1.82) is 0 Å². The van der Waals surface area contributed by atoms with E-state index in [0.717, 1.165) is 13.8 Å². The van der Waals surface area contributed by atoms with Crippen LogP contribution >= 0.6 is 0 Å². The van der Waals surface area contributed by atoms with Crippen LogP contribution < -0.4 is 0 Å². The Bertz CT molecular complexity index is 961. The van der Waals surface area contributed by atoms with E-state index in [1.54, 1.807) is 0 Å².